The molecule has 1 saturated heterocycles. The topological polar surface area (TPSA) is 77.1 Å². The zero-order valence-electron chi connectivity index (χ0n) is 20.9. The fourth-order valence-corrected chi connectivity index (χ4v) is 6.13. The van der Waals surface area contributed by atoms with Crippen molar-refractivity contribution in [3.63, 3.8) is 0 Å². The van der Waals surface area contributed by atoms with Gasteiger partial charge in [-0.05, 0) is 41.5 Å². The van der Waals surface area contributed by atoms with Gasteiger partial charge in [0.25, 0.3) is 0 Å². The molecule has 0 unspecified atom stereocenters. The minimum atomic E-state index is -1.48. The number of anilines is 1. The number of rotatable bonds is 5. The number of ketones is 1. The minimum Gasteiger partial charge on any atom is -0.494 e. The van der Waals surface area contributed by atoms with E-state index in [0.29, 0.717) is 17.9 Å². The summed E-state index contributed by atoms with van der Waals surface area (Å²) in [4.78, 5) is 16.4. The van der Waals surface area contributed by atoms with Crippen LogP contribution in [0.2, 0.25) is 0 Å². The fraction of sp³-hybridized carbons (Fsp3) is 0.182. The van der Waals surface area contributed by atoms with E-state index < -0.39 is 23.4 Å². The molecule has 4 aromatic carbocycles. The molecule has 184 valence electrons. The predicted molar refractivity (Wildman–Crippen MR) is 148 cm³/mol. The molecule has 1 fully saturated rings. The van der Waals surface area contributed by atoms with Crippen molar-refractivity contribution >= 4 is 28.3 Å². The van der Waals surface area contributed by atoms with Crippen LogP contribution in [0.1, 0.15) is 34.3 Å². The Balaban J connectivity index is 1.61. The molecule has 2 aliphatic rings. The lowest BCUT2D eigenvalue weighted by Gasteiger charge is -2.36. The Morgan fingerprint density at radius 1 is 0.921 bits per heavy atom. The van der Waals surface area contributed by atoms with Crippen LogP contribution in [0, 0.1) is 28.1 Å². The van der Waals surface area contributed by atoms with Gasteiger partial charge in [-0.3, -0.25) is 4.79 Å². The van der Waals surface area contributed by atoms with Gasteiger partial charge in [-0.2, -0.15) is 10.5 Å². The Morgan fingerprint density at radius 3 is 2.34 bits per heavy atom. The molecule has 0 aliphatic carbocycles. The Morgan fingerprint density at radius 2 is 1.63 bits per heavy atom. The number of hydrogen-bond donors (Lipinski definition) is 0. The zero-order valence-corrected chi connectivity index (χ0v) is 20.9. The highest BCUT2D eigenvalue weighted by Crippen LogP contribution is 2.56. The second-order valence-corrected chi connectivity index (χ2v) is 9.68. The molecule has 0 radical (unpaired) electrons. The van der Waals surface area contributed by atoms with Crippen LogP contribution >= 0.6 is 0 Å². The molecule has 5 heteroatoms. The van der Waals surface area contributed by atoms with E-state index in [2.05, 4.69) is 24.3 Å². The Labute approximate surface area is 221 Å². The lowest BCUT2D eigenvalue weighted by Crippen LogP contribution is -2.44. The van der Waals surface area contributed by atoms with E-state index in [9.17, 15) is 15.3 Å². The molecule has 3 atom stereocenters. The number of benzene rings is 4. The summed E-state index contributed by atoms with van der Waals surface area (Å²) in [5.74, 6) is -0.0987. The maximum atomic E-state index is 14.3. The third-order valence-electron chi connectivity index (χ3n) is 7.79. The highest BCUT2D eigenvalue weighted by atomic mass is 16.5. The number of hydrogen-bond acceptors (Lipinski definition) is 5. The van der Waals surface area contributed by atoms with Gasteiger partial charge in [0, 0.05) is 22.7 Å². The highest BCUT2D eigenvalue weighted by Gasteiger charge is 2.63. The minimum absolute atomic E-state index is 0.115. The summed E-state index contributed by atoms with van der Waals surface area (Å²) in [6.07, 6.45) is 3.94. The molecule has 38 heavy (non-hydrogen) atoms. The third-order valence-corrected chi connectivity index (χ3v) is 7.79. The lowest BCUT2D eigenvalue weighted by molar-refractivity contribution is 0.0951. The second kappa shape index (κ2) is 9.21. The van der Waals surface area contributed by atoms with E-state index >= 15 is 0 Å². The van der Waals surface area contributed by atoms with E-state index in [4.69, 9.17) is 4.74 Å². The summed E-state index contributed by atoms with van der Waals surface area (Å²) in [7, 11) is 0. The quantitative estimate of drug-likeness (QED) is 0.295. The van der Waals surface area contributed by atoms with Crippen LogP contribution in [0.15, 0.2) is 97.1 Å². The molecule has 2 aliphatic heterocycles. The number of nitrogens with zero attached hydrogens (tertiary/aromatic N) is 3. The van der Waals surface area contributed by atoms with Gasteiger partial charge >= 0.3 is 0 Å². The summed E-state index contributed by atoms with van der Waals surface area (Å²) in [5.41, 5.74) is 1.67. The molecule has 0 N–H and O–H groups in total. The lowest BCUT2D eigenvalue weighted by atomic mass is 9.69. The van der Waals surface area contributed by atoms with Crippen molar-refractivity contribution in [3.8, 4) is 17.9 Å². The van der Waals surface area contributed by atoms with Gasteiger partial charge in [-0.1, -0.05) is 84.9 Å². The monoisotopic (exact) mass is 495 g/mol. The van der Waals surface area contributed by atoms with Crippen molar-refractivity contribution < 1.29 is 9.53 Å². The second-order valence-electron chi connectivity index (χ2n) is 9.68. The average Bonchev–Trinajstić information content (AvgIpc) is 3.28. The molecule has 0 amide bonds. The first-order chi connectivity index (χ1) is 18.6. The van der Waals surface area contributed by atoms with Gasteiger partial charge < -0.3 is 9.64 Å². The number of carbonyl (C=O) groups is 1. The van der Waals surface area contributed by atoms with Crippen LogP contribution in [0.5, 0.6) is 5.75 Å². The van der Waals surface area contributed by atoms with E-state index in [1.165, 1.54) is 0 Å². The first-order valence-corrected chi connectivity index (χ1v) is 12.8. The molecule has 4 aromatic rings. The van der Waals surface area contributed by atoms with Gasteiger partial charge in [0.05, 0.1) is 24.8 Å². The van der Waals surface area contributed by atoms with Crippen LogP contribution in [0.4, 0.5) is 5.69 Å². The van der Waals surface area contributed by atoms with Gasteiger partial charge in [0.2, 0.25) is 0 Å². The number of Topliss-reactive ketones (excluding diaryl/α,β-unsaturated/α-hetero) is 1. The van der Waals surface area contributed by atoms with Crippen LogP contribution in [-0.2, 0) is 0 Å². The molecular formula is C33H25N3O2. The Hall–Kier alpha value is -4.87. The van der Waals surface area contributed by atoms with Gasteiger partial charge in [0.1, 0.15) is 11.8 Å². The molecular weight excluding hydrogens is 470 g/mol. The van der Waals surface area contributed by atoms with Crippen LogP contribution in [0.25, 0.3) is 16.8 Å². The van der Waals surface area contributed by atoms with E-state index in [-0.39, 0.29) is 5.78 Å². The van der Waals surface area contributed by atoms with E-state index in [0.717, 1.165) is 27.6 Å². The maximum absolute atomic E-state index is 14.3. The molecule has 0 saturated carbocycles. The SMILES string of the molecule is CCOc1ccc([C@@H]2[C@@H](C(=O)c3ccccc3)N3c4ccc5ccccc5c4C=C[C@@H]3C2(C#N)C#N)cc1. The van der Waals surface area contributed by atoms with Gasteiger partial charge in [0.15, 0.2) is 11.2 Å². The van der Waals surface area contributed by atoms with E-state index in [1.54, 1.807) is 12.1 Å². The molecule has 5 nitrogen and oxygen atoms in total. The molecule has 0 bridgehead atoms. The molecule has 2 heterocycles. The first-order valence-electron chi connectivity index (χ1n) is 12.8. The van der Waals surface area contributed by atoms with Gasteiger partial charge in [-0.15, -0.1) is 0 Å². The number of ether oxygens (including phenoxy) is 1. The van der Waals surface area contributed by atoms with Crippen molar-refractivity contribution in [2.24, 2.45) is 5.41 Å². The van der Waals surface area contributed by atoms with Crippen molar-refractivity contribution in [2.75, 3.05) is 11.5 Å². The summed E-state index contributed by atoms with van der Waals surface area (Å²) in [6, 6.07) is 32.2. The van der Waals surface area contributed by atoms with Crippen molar-refractivity contribution in [1.29, 1.82) is 10.5 Å². The smallest absolute Gasteiger partial charge is 0.185 e. The summed E-state index contributed by atoms with van der Waals surface area (Å²) >= 11 is 0. The maximum Gasteiger partial charge on any atom is 0.185 e. The summed E-state index contributed by atoms with van der Waals surface area (Å²) < 4.78 is 5.64. The molecule has 0 aromatic heterocycles. The number of nitriles is 2. The van der Waals surface area contributed by atoms with Crippen molar-refractivity contribution in [3.05, 3.63) is 114 Å². The summed E-state index contributed by atoms with van der Waals surface area (Å²) in [6.45, 7) is 2.45. The zero-order chi connectivity index (χ0) is 26.3. The predicted octanol–water partition coefficient (Wildman–Crippen LogP) is 6.52. The molecule has 6 rings (SSSR count). The fourth-order valence-electron chi connectivity index (χ4n) is 6.13. The van der Waals surface area contributed by atoms with Crippen molar-refractivity contribution in [1.82, 2.24) is 0 Å². The third kappa shape index (κ3) is 3.40. The Bertz CT molecular complexity index is 1630. The summed E-state index contributed by atoms with van der Waals surface area (Å²) in [5, 5.41) is 23.5. The van der Waals surface area contributed by atoms with Crippen LogP contribution in [-0.4, -0.2) is 24.5 Å². The molecule has 0 spiro atoms. The average molecular weight is 496 g/mol. The first kappa shape index (κ1) is 23.5. The van der Waals surface area contributed by atoms with Crippen LogP contribution in [0.3, 0.4) is 0 Å². The Kier molecular flexibility index (Phi) is 5.70. The van der Waals surface area contributed by atoms with Gasteiger partial charge in [-0.25, -0.2) is 0 Å². The standard InChI is InChI=1S/C33H25N3O2/c1-2-38-25-15-12-23(13-16-25)30-31(32(37)24-9-4-3-5-10-24)36-28-18-14-22-8-6-7-11-26(22)27(28)17-19-29(36)33(30,20-34)21-35/h3-19,29-31H,2H2,1H3/t29-,30-,31+/m1/s1. The largest absolute Gasteiger partial charge is 0.494 e. The number of carbonyl (C=O) groups excluding carboxylic acids is 1. The number of fused-ring (bicyclic) bond motifs is 5. The normalized spacial score (nSPS) is 20.7. The van der Waals surface area contributed by atoms with E-state index in [1.807, 2.05) is 90.7 Å². The highest BCUT2D eigenvalue weighted by molar-refractivity contribution is 6.06. The van der Waals surface area contributed by atoms with Crippen molar-refractivity contribution in [2.45, 2.75) is 24.9 Å². The van der Waals surface area contributed by atoms with Crippen LogP contribution < -0.4 is 9.64 Å².